The molecule has 5 aliphatic carbocycles. The maximum atomic E-state index is 4.12. The molecule has 1 N–H and O–H groups in total. The van der Waals surface area contributed by atoms with Gasteiger partial charge < -0.3 is 5.32 Å². The summed E-state index contributed by atoms with van der Waals surface area (Å²) in [6.45, 7) is 6.28. The summed E-state index contributed by atoms with van der Waals surface area (Å²) in [5, 5.41) is 4.12. The minimum Gasteiger partial charge on any atom is -0.311 e. The molecular formula is C18H31N. The van der Waals surface area contributed by atoms with Gasteiger partial charge in [-0.25, -0.2) is 0 Å². The van der Waals surface area contributed by atoms with Gasteiger partial charge in [0.25, 0.3) is 0 Å². The summed E-state index contributed by atoms with van der Waals surface area (Å²) in [4.78, 5) is 0. The predicted molar refractivity (Wildman–Crippen MR) is 80.0 cm³/mol. The van der Waals surface area contributed by atoms with Crippen molar-refractivity contribution in [2.24, 2.45) is 29.1 Å². The van der Waals surface area contributed by atoms with E-state index in [2.05, 4.69) is 19.2 Å². The van der Waals surface area contributed by atoms with Crippen LogP contribution in [0.25, 0.3) is 0 Å². The molecule has 0 aromatic carbocycles. The predicted octanol–water partition coefficient (Wildman–Crippen LogP) is 4.37. The zero-order chi connectivity index (χ0) is 13.1. The summed E-state index contributed by atoms with van der Waals surface area (Å²) in [5.74, 6) is 4.22. The molecule has 5 fully saturated rings. The Morgan fingerprint density at radius 3 is 1.89 bits per heavy atom. The van der Waals surface area contributed by atoms with Gasteiger partial charge in [0.05, 0.1) is 0 Å². The van der Waals surface area contributed by atoms with Crippen LogP contribution in [0, 0.1) is 29.1 Å². The SMILES string of the molecule is CC(C)(CNC12CC3CC(CC(C3)C1)C2)C1CCC1. The summed E-state index contributed by atoms with van der Waals surface area (Å²) in [5.41, 5.74) is 1.09. The van der Waals surface area contributed by atoms with Gasteiger partial charge in [0.2, 0.25) is 0 Å². The topological polar surface area (TPSA) is 12.0 Å². The van der Waals surface area contributed by atoms with E-state index >= 15 is 0 Å². The highest BCUT2D eigenvalue weighted by Gasteiger charge is 2.51. The van der Waals surface area contributed by atoms with Crippen molar-refractivity contribution < 1.29 is 0 Å². The first-order valence-corrected chi connectivity index (χ1v) is 8.80. The molecule has 5 aliphatic rings. The van der Waals surface area contributed by atoms with Gasteiger partial charge in [-0.3, -0.25) is 0 Å². The number of hydrogen-bond acceptors (Lipinski definition) is 1. The summed E-state index contributed by atoms with van der Waals surface area (Å²) in [6, 6.07) is 0. The monoisotopic (exact) mass is 261 g/mol. The lowest BCUT2D eigenvalue weighted by molar-refractivity contribution is -0.0284. The molecule has 0 amide bonds. The van der Waals surface area contributed by atoms with Crippen LogP contribution in [0.2, 0.25) is 0 Å². The second-order valence-corrected chi connectivity index (χ2v) is 9.17. The third-order valence-corrected chi connectivity index (χ3v) is 7.17. The van der Waals surface area contributed by atoms with Gasteiger partial charge in [-0.1, -0.05) is 20.3 Å². The fraction of sp³-hybridized carbons (Fsp3) is 1.00. The first kappa shape index (κ1) is 12.7. The van der Waals surface area contributed by atoms with Crippen LogP contribution in [-0.2, 0) is 0 Å². The molecule has 19 heavy (non-hydrogen) atoms. The standard InChI is InChI=1S/C18H31N/c1-17(2,16-4-3-5-16)12-19-18-9-13-6-14(10-18)8-15(7-13)11-18/h13-16,19H,3-12H2,1-2H3. The van der Waals surface area contributed by atoms with Crippen molar-refractivity contribution in [3.05, 3.63) is 0 Å². The second-order valence-electron chi connectivity index (χ2n) is 9.17. The van der Waals surface area contributed by atoms with Crippen molar-refractivity contribution in [2.75, 3.05) is 6.54 Å². The van der Waals surface area contributed by atoms with Crippen molar-refractivity contribution in [2.45, 2.75) is 77.2 Å². The Bertz CT molecular complexity index is 317. The van der Waals surface area contributed by atoms with Crippen molar-refractivity contribution in [1.29, 1.82) is 0 Å². The average Bonchev–Trinajstić information content (AvgIpc) is 2.21. The zero-order valence-corrected chi connectivity index (χ0v) is 12.9. The fourth-order valence-electron chi connectivity index (χ4n) is 6.08. The quantitative estimate of drug-likeness (QED) is 0.792. The maximum absolute atomic E-state index is 4.12. The lowest BCUT2D eigenvalue weighted by Gasteiger charge is -2.58. The van der Waals surface area contributed by atoms with E-state index in [1.807, 2.05) is 0 Å². The number of hydrogen-bond donors (Lipinski definition) is 1. The third-order valence-electron chi connectivity index (χ3n) is 7.17. The molecule has 0 unspecified atom stereocenters. The normalized spacial score (nSPS) is 45.5. The van der Waals surface area contributed by atoms with Crippen molar-refractivity contribution >= 4 is 0 Å². The molecule has 0 aliphatic heterocycles. The average molecular weight is 261 g/mol. The lowest BCUT2D eigenvalue weighted by atomic mass is 9.53. The Morgan fingerprint density at radius 2 is 1.47 bits per heavy atom. The van der Waals surface area contributed by atoms with E-state index in [9.17, 15) is 0 Å². The summed E-state index contributed by atoms with van der Waals surface area (Å²) in [7, 11) is 0. The van der Waals surface area contributed by atoms with E-state index in [0.717, 1.165) is 23.7 Å². The molecule has 108 valence electrons. The summed E-state index contributed by atoms with van der Waals surface area (Å²) >= 11 is 0. The Hall–Kier alpha value is -0.0400. The van der Waals surface area contributed by atoms with Gasteiger partial charge >= 0.3 is 0 Å². The van der Waals surface area contributed by atoms with Gasteiger partial charge in [0, 0.05) is 12.1 Å². The van der Waals surface area contributed by atoms with Crippen LogP contribution in [0.3, 0.4) is 0 Å². The van der Waals surface area contributed by atoms with Gasteiger partial charge in [-0.15, -0.1) is 0 Å². The Balaban J connectivity index is 1.42. The van der Waals surface area contributed by atoms with Crippen LogP contribution >= 0.6 is 0 Å². The van der Waals surface area contributed by atoms with Gasteiger partial charge in [-0.2, -0.15) is 0 Å². The van der Waals surface area contributed by atoms with Crippen molar-refractivity contribution in [1.82, 2.24) is 5.32 Å². The zero-order valence-electron chi connectivity index (χ0n) is 12.9. The molecule has 0 radical (unpaired) electrons. The van der Waals surface area contributed by atoms with Crippen molar-refractivity contribution in [3.8, 4) is 0 Å². The molecule has 0 saturated heterocycles. The van der Waals surface area contributed by atoms with Gasteiger partial charge in [0.15, 0.2) is 0 Å². The largest absolute Gasteiger partial charge is 0.311 e. The Kier molecular flexibility index (Phi) is 2.82. The minimum absolute atomic E-state index is 0.529. The van der Waals surface area contributed by atoms with Crippen LogP contribution in [0.15, 0.2) is 0 Å². The van der Waals surface area contributed by atoms with Crippen LogP contribution < -0.4 is 5.32 Å². The molecular weight excluding hydrogens is 230 g/mol. The van der Waals surface area contributed by atoms with E-state index in [4.69, 9.17) is 0 Å². The van der Waals surface area contributed by atoms with Gasteiger partial charge in [0.1, 0.15) is 0 Å². The third kappa shape index (κ3) is 2.17. The Morgan fingerprint density at radius 1 is 0.947 bits per heavy atom. The van der Waals surface area contributed by atoms with Gasteiger partial charge in [-0.05, 0) is 80.5 Å². The molecule has 0 aromatic heterocycles. The highest BCUT2D eigenvalue weighted by molar-refractivity contribution is 5.07. The van der Waals surface area contributed by atoms with E-state index in [-0.39, 0.29) is 0 Å². The van der Waals surface area contributed by atoms with Crippen LogP contribution in [0.5, 0.6) is 0 Å². The highest BCUT2D eigenvalue weighted by atomic mass is 15.0. The number of nitrogens with one attached hydrogen (secondary N) is 1. The highest BCUT2D eigenvalue weighted by Crippen LogP contribution is 2.56. The maximum Gasteiger partial charge on any atom is 0.0189 e. The molecule has 1 heteroatoms. The van der Waals surface area contributed by atoms with Crippen LogP contribution in [0.1, 0.15) is 71.6 Å². The lowest BCUT2D eigenvalue weighted by Crippen LogP contribution is -2.60. The first-order valence-electron chi connectivity index (χ1n) is 8.80. The van der Waals surface area contributed by atoms with E-state index < -0.39 is 0 Å². The fourth-order valence-corrected chi connectivity index (χ4v) is 6.08. The Labute approximate surface area is 118 Å². The second kappa shape index (κ2) is 4.23. The van der Waals surface area contributed by atoms with E-state index in [1.165, 1.54) is 45.1 Å². The van der Waals surface area contributed by atoms with E-state index in [0.29, 0.717) is 11.0 Å². The molecule has 0 aromatic rings. The summed E-state index contributed by atoms with van der Waals surface area (Å²) < 4.78 is 0. The summed E-state index contributed by atoms with van der Waals surface area (Å²) in [6.07, 6.45) is 13.6. The molecule has 5 saturated carbocycles. The van der Waals surface area contributed by atoms with Crippen LogP contribution in [-0.4, -0.2) is 12.1 Å². The first-order chi connectivity index (χ1) is 9.05. The van der Waals surface area contributed by atoms with E-state index in [1.54, 1.807) is 19.3 Å². The minimum atomic E-state index is 0.529. The molecule has 1 nitrogen and oxygen atoms in total. The van der Waals surface area contributed by atoms with Crippen LogP contribution in [0.4, 0.5) is 0 Å². The smallest absolute Gasteiger partial charge is 0.0189 e. The number of rotatable bonds is 4. The molecule has 5 rings (SSSR count). The molecule has 4 bridgehead atoms. The molecule has 0 spiro atoms. The van der Waals surface area contributed by atoms with Crippen molar-refractivity contribution in [3.63, 3.8) is 0 Å². The molecule has 0 heterocycles. The molecule has 0 atom stereocenters.